The molecule has 0 unspecified atom stereocenters. The summed E-state index contributed by atoms with van der Waals surface area (Å²) in [4.78, 5) is 35.3. The van der Waals surface area contributed by atoms with Gasteiger partial charge in [0.15, 0.2) is 0 Å². The Kier molecular flexibility index (Phi) is 5.03. The zero-order valence-electron chi connectivity index (χ0n) is 16.4. The third-order valence-corrected chi connectivity index (χ3v) is 4.94. The van der Waals surface area contributed by atoms with Crippen LogP contribution in [0.1, 0.15) is 17.9 Å². The first-order valence-electron chi connectivity index (χ1n) is 9.44. The molecule has 2 heterocycles. The molecule has 146 valence electrons. The second-order valence-electron chi connectivity index (χ2n) is 6.99. The minimum Gasteiger partial charge on any atom is -0.338 e. The van der Waals surface area contributed by atoms with Crippen molar-refractivity contribution in [2.45, 2.75) is 26.4 Å². The second-order valence-corrected chi connectivity index (χ2v) is 6.99. The van der Waals surface area contributed by atoms with E-state index < -0.39 is 0 Å². The van der Waals surface area contributed by atoms with Crippen LogP contribution in [0.25, 0.3) is 21.8 Å². The van der Waals surface area contributed by atoms with E-state index in [1.807, 2.05) is 49.4 Å². The average molecular weight is 387 g/mol. The largest absolute Gasteiger partial charge is 0.338 e. The van der Waals surface area contributed by atoms with Gasteiger partial charge in [0.2, 0.25) is 11.3 Å². The standard InChI is InChI=1S/C22H21N5O2/c1-15-16-7-3-5-9-18(16)25-21(24-15)14-26(2)22(29)11-12-27-19-10-6-4-8-17(19)20(28)13-23-27/h3-10,13H,11-12,14H2,1-2H3. The van der Waals surface area contributed by atoms with Crippen molar-refractivity contribution < 1.29 is 4.79 Å². The Balaban J connectivity index is 1.47. The fourth-order valence-electron chi connectivity index (χ4n) is 3.40. The third kappa shape index (κ3) is 3.85. The van der Waals surface area contributed by atoms with E-state index in [9.17, 15) is 9.59 Å². The molecule has 0 N–H and O–H groups in total. The predicted octanol–water partition coefficient (Wildman–Crippen LogP) is 2.70. The lowest BCUT2D eigenvalue weighted by molar-refractivity contribution is -0.130. The van der Waals surface area contributed by atoms with E-state index in [-0.39, 0.29) is 17.8 Å². The SMILES string of the molecule is Cc1nc(CN(C)C(=O)CCn2ncc(=O)c3ccccc32)nc2ccccc12. The average Bonchev–Trinajstić information content (AvgIpc) is 2.73. The van der Waals surface area contributed by atoms with Crippen molar-refractivity contribution in [3.63, 3.8) is 0 Å². The number of aryl methyl sites for hydroxylation is 2. The van der Waals surface area contributed by atoms with Gasteiger partial charge >= 0.3 is 0 Å². The summed E-state index contributed by atoms with van der Waals surface area (Å²) in [6.07, 6.45) is 1.56. The summed E-state index contributed by atoms with van der Waals surface area (Å²) in [5, 5.41) is 5.79. The van der Waals surface area contributed by atoms with Gasteiger partial charge in [0.05, 0.1) is 30.3 Å². The molecule has 1 amide bonds. The van der Waals surface area contributed by atoms with Gasteiger partial charge in [0.1, 0.15) is 5.82 Å². The summed E-state index contributed by atoms with van der Waals surface area (Å²) in [7, 11) is 1.74. The van der Waals surface area contributed by atoms with Gasteiger partial charge in [-0.3, -0.25) is 14.3 Å². The Morgan fingerprint density at radius 1 is 1.03 bits per heavy atom. The number of amides is 1. The van der Waals surface area contributed by atoms with E-state index in [1.54, 1.807) is 22.7 Å². The molecule has 0 saturated heterocycles. The van der Waals surface area contributed by atoms with E-state index in [2.05, 4.69) is 15.1 Å². The van der Waals surface area contributed by atoms with Gasteiger partial charge in [-0.1, -0.05) is 30.3 Å². The van der Waals surface area contributed by atoms with Gasteiger partial charge in [0.25, 0.3) is 0 Å². The third-order valence-electron chi connectivity index (χ3n) is 4.94. The van der Waals surface area contributed by atoms with Crippen molar-refractivity contribution in [2.24, 2.45) is 0 Å². The minimum atomic E-state index is -0.121. The molecule has 0 radical (unpaired) electrons. The van der Waals surface area contributed by atoms with Crippen LogP contribution in [0, 0.1) is 6.92 Å². The molecule has 29 heavy (non-hydrogen) atoms. The number of nitrogens with zero attached hydrogens (tertiary/aromatic N) is 5. The Bertz CT molecular complexity index is 1270. The lowest BCUT2D eigenvalue weighted by Crippen LogP contribution is -2.28. The van der Waals surface area contributed by atoms with Gasteiger partial charge < -0.3 is 4.90 Å². The Morgan fingerprint density at radius 3 is 2.59 bits per heavy atom. The monoisotopic (exact) mass is 387 g/mol. The number of benzene rings is 2. The molecule has 0 saturated carbocycles. The molecule has 0 atom stereocenters. The topological polar surface area (TPSA) is 81.0 Å². The number of aromatic nitrogens is 4. The molecule has 7 heteroatoms. The number of fused-ring (bicyclic) bond motifs is 2. The summed E-state index contributed by atoms with van der Waals surface area (Å²) < 4.78 is 1.69. The number of hydrogen-bond donors (Lipinski definition) is 0. The van der Waals surface area contributed by atoms with Gasteiger partial charge in [-0.25, -0.2) is 9.97 Å². The first-order chi connectivity index (χ1) is 14.0. The normalized spacial score (nSPS) is 11.1. The summed E-state index contributed by atoms with van der Waals surface area (Å²) >= 11 is 0. The van der Waals surface area contributed by atoms with Gasteiger partial charge in [-0.15, -0.1) is 0 Å². The van der Waals surface area contributed by atoms with E-state index >= 15 is 0 Å². The number of hydrogen-bond acceptors (Lipinski definition) is 5. The predicted molar refractivity (Wildman–Crippen MR) is 111 cm³/mol. The summed E-state index contributed by atoms with van der Waals surface area (Å²) in [5.74, 6) is 0.577. The maximum atomic E-state index is 12.6. The molecule has 0 spiro atoms. The van der Waals surface area contributed by atoms with Crippen LogP contribution in [-0.4, -0.2) is 37.6 Å². The molecule has 2 aromatic heterocycles. The Hall–Kier alpha value is -3.61. The van der Waals surface area contributed by atoms with Crippen molar-refractivity contribution in [1.29, 1.82) is 0 Å². The number of carbonyl (C=O) groups is 1. The van der Waals surface area contributed by atoms with E-state index in [0.717, 1.165) is 22.1 Å². The first-order valence-corrected chi connectivity index (χ1v) is 9.44. The van der Waals surface area contributed by atoms with Crippen LogP contribution in [0.3, 0.4) is 0 Å². The molecular weight excluding hydrogens is 366 g/mol. The van der Waals surface area contributed by atoms with Crippen molar-refractivity contribution in [1.82, 2.24) is 24.6 Å². The Morgan fingerprint density at radius 2 is 1.76 bits per heavy atom. The van der Waals surface area contributed by atoms with Crippen LogP contribution in [0.5, 0.6) is 0 Å². The first kappa shape index (κ1) is 18.7. The highest BCUT2D eigenvalue weighted by molar-refractivity contribution is 5.81. The van der Waals surface area contributed by atoms with Crippen LogP contribution in [0.15, 0.2) is 59.5 Å². The maximum Gasteiger partial charge on any atom is 0.224 e. The molecule has 0 fully saturated rings. The second kappa shape index (κ2) is 7.79. The van der Waals surface area contributed by atoms with Crippen molar-refractivity contribution in [3.8, 4) is 0 Å². The van der Waals surface area contributed by atoms with E-state index in [4.69, 9.17) is 0 Å². The van der Waals surface area contributed by atoms with Crippen LogP contribution >= 0.6 is 0 Å². The highest BCUT2D eigenvalue weighted by atomic mass is 16.2. The van der Waals surface area contributed by atoms with Crippen LogP contribution in [0.4, 0.5) is 0 Å². The molecule has 7 nitrogen and oxygen atoms in total. The van der Waals surface area contributed by atoms with E-state index in [1.165, 1.54) is 6.20 Å². The molecule has 0 bridgehead atoms. The molecule has 2 aromatic carbocycles. The molecule has 4 aromatic rings. The summed E-state index contributed by atoms with van der Waals surface area (Å²) in [5.41, 5.74) is 2.38. The molecule has 0 aliphatic carbocycles. The molecule has 0 aliphatic heterocycles. The molecular formula is C22H21N5O2. The zero-order chi connectivity index (χ0) is 20.4. The summed E-state index contributed by atoms with van der Waals surface area (Å²) in [6, 6.07) is 15.1. The van der Waals surface area contributed by atoms with Crippen molar-refractivity contribution in [3.05, 3.63) is 76.5 Å². The summed E-state index contributed by atoms with van der Waals surface area (Å²) in [6.45, 7) is 2.67. The lowest BCUT2D eigenvalue weighted by Gasteiger charge is -2.17. The lowest BCUT2D eigenvalue weighted by atomic mass is 10.2. The minimum absolute atomic E-state index is 0.0380. The van der Waals surface area contributed by atoms with Crippen molar-refractivity contribution >= 4 is 27.7 Å². The number of carbonyl (C=O) groups excluding carboxylic acids is 1. The van der Waals surface area contributed by atoms with Gasteiger partial charge in [-0.2, -0.15) is 5.10 Å². The maximum absolute atomic E-state index is 12.6. The van der Waals surface area contributed by atoms with Crippen LogP contribution in [0.2, 0.25) is 0 Å². The van der Waals surface area contributed by atoms with Gasteiger partial charge in [-0.05, 0) is 25.1 Å². The number of para-hydroxylation sites is 2. The highest BCUT2D eigenvalue weighted by Crippen LogP contribution is 2.15. The molecule has 4 rings (SSSR count). The van der Waals surface area contributed by atoms with Gasteiger partial charge in [0, 0.05) is 29.9 Å². The highest BCUT2D eigenvalue weighted by Gasteiger charge is 2.13. The Labute approximate surface area is 167 Å². The quantitative estimate of drug-likeness (QED) is 0.526. The zero-order valence-corrected chi connectivity index (χ0v) is 16.4. The number of rotatable bonds is 5. The van der Waals surface area contributed by atoms with Crippen LogP contribution < -0.4 is 5.43 Å². The van der Waals surface area contributed by atoms with Crippen LogP contribution in [-0.2, 0) is 17.9 Å². The molecule has 0 aliphatic rings. The van der Waals surface area contributed by atoms with Crippen molar-refractivity contribution in [2.75, 3.05) is 7.05 Å². The smallest absolute Gasteiger partial charge is 0.224 e. The van der Waals surface area contributed by atoms with E-state index in [0.29, 0.717) is 24.3 Å². The fourth-order valence-corrected chi connectivity index (χ4v) is 3.40. The fraction of sp³-hybridized carbons (Fsp3) is 0.227.